The molecule has 6 fully saturated rings. The van der Waals surface area contributed by atoms with E-state index in [9.17, 15) is 19.2 Å². The zero-order valence-electron chi connectivity index (χ0n) is 34.7. The summed E-state index contributed by atoms with van der Waals surface area (Å²) in [6.45, 7) is 23.8. The number of carbonyl (C=O) groups excluding carboxylic acids is 4. The van der Waals surface area contributed by atoms with Crippen LogP contribution in [0.25, 0.3) is 0 Å². The lowest BCUT2D eigenvalue weighted by Crippen LogP contribution is -2.63. The van der Waals surface area contributed by atoms with Crippen LogP contribution in [-0.4, -0.2) is 67.3 Å². The van der Waals surface area contributed by atoms with Crippen molar-refractivity contribution in [3.05, 3.63) is 12.2 Å². The van der Waals surface area contributed by atoms with E-state index in [1.807, 2.05) is 0 Å². The van der Waals surface area contributed by atoms with E-state index >= 15 is 0 Å². The molecule has 0 aromatic carbocycles. The van der Waals surface area contributed by atoms with Crippen molar-refractivity contribution >= 4 is 23.9 Å². The topological polar surface area (TPSA) is 124 Å². The average molecular weight is 757 g/mol. The van der Waals surface area contributed by atoms with Gasteiger partial charge in [0.15, 0.2) is 24.6 Å². The van der Waals surface area contributed by atoms with Crippen molar-refractivity contribution in [2.24, 2.45) is 57.2 Å². The maximum atomic E-state index is 12.5. The van der Waals surface area contributed by atoms with E-state index in [4.69, 9.17) is 28.4 Å². The molecule has 0 aromatic rings. The average Bonchev–Trinajstić information content (AvgIpc) is 3.67. The molecule has 54 heavy (non-hydrogen) atoms. The first-order valence-electron chi connectivity index (χ1n) is 20.9. The predicted molar refractivity (Wildman–Crippen MR) is 201 cm³/mol. The zero-order valence-corrected chi connectivity index (χ0v) is 34.7. The SMILES string of the molecule is C=C(CC[C@@H](C)[C@H]1CC[C@@]2(C)[C@@H]3CC[C@H]4[C@H](C)[C@@H](O[C@@H]5O[C@H](COC(C)=O)[C@@H](OC(C)=O)[C@H](OC(C)=O)[C@H]5OC(C)=O)CC[C@@]45C[C@@]35CC[C@]12C)C(C)C. The number of allylic oxidation sites excluding steroid dienone is 1. The summed E-state index contributed by atoms with van der Waals surface area (Å²) in [5.41, 5.74) is 2.80. The van der Waals surface area contributed by atoms with Gasteiger partial charge in [0, 0.05) is 27.7 Å². The molecule has 6 aliphatic rings. The molecule has 5 saturated carbocycles. The van der Waals surface area contributed by atoms with Gasteiger partial charge < -0.3 is 28.4 Å². The van der Waals surface area contributed by atoms with Crippen LogP contribution in [0.5, 0.6) is 0 Å². The summed E-state index contributed by atoms with van der Waals surface area (Å²) in [6.07, 6.45) is 7.37. The Hall–Kier alpha value is -2.46. The summed E-state index contributed by atoms with van der Waals surface area (Å²) in [7, 11) is 0. The molecule has 0 aromatic heterocycles. The van der Waals surface area contributed by atoms with Gasteiger partial charge in [0.1, 0.15) is 12.7 Å². The molecule has 0 unspecified atom stereocenters. The number of esters is 4. The highest BCUT2D eigenvalue weighted by Gasteiger charge is 2.81. The van der Waals surface area contributed by atoms with E-state index in [2.05, 4.69) is 48.1 Å². The van der Waals surface area contributed by atoms with Crippen molar-refractivity contribution in [3.8, 4) is 0 Å². The molecular formula is C44H68O10. The Labute approximate surface area is 323 Å². The van der Waals surface area contributed by atoms with Crippen molar-refractivity contribution in [2.45, 2.75) is 177 Å². The lowest BCUT2D eigenvalue weighted by Gasteiger charge is -2.62. The van der Waals surface area contributed by atoms with Crippen LogP contribution in [0.1, 0.15) is 140 Å². The van der Waals surface area contributed by atoms with Crippen molar-refractivity contribution in [1.29, 1.82) is 0 Å². The number of ether oxygens (including phenoxy) is 6. The van der Waals surface area contributed by atoms with E-state index in [0.717, 1.165) is 31.1 Å². The second kappa shape index (κ2) is 15.1. The molecule has 1 aliphatic heterocycles. The van der Waals surface area contributed by atoms with E-state index < -0.39 is 54.6 Å². The summed E-state index contributed by atoms with van der Waals surface area (Å²) in [5.74, 6) is 1.01. The van der Waals surface area contributed by atoms with Crippen LogP contribution in [0.2, 0.25) is 0 Å². The second-order valence-corrected chi connectivity index (χ2v) is 19.2. The summed E-state index contributed by atoms with van der Waals surface area (Å²) in [5, 5.41) is 0. The molecule has 0 bridgehead atoms. The molecule has 1 saturated heterocycles. The molecule has 2 spiro atoms. The molecule has 10 nitrogen and oxygen atoms in total. The Morgan fingerprint density at radius 2 is 1.41 bits per heavy atom. The third kappa shape index (κ3) is 6.96. The van der Waals surface area contributed by atoms with E-state index in [0.29, 0.717) is 39.4 Å². The highest BCUT2D eigenvalue weighted by molar-refractivity contribution is 5.68. The maximum Gasteiger partial charge on any atom is 0.303 e. The Kier molecular flexibility index (Phi) is 11.5. The molecule has 0 N–H and O–H groups in total. The zero-order chi connectivity index (χ0) is 39.5. The third-order valence-corrected chi connectivity index (χ3v) is 16.4. The highest BCUT2D eigenvalue weighted by atomic mass is 16.7. The smallest absolute Gasteiger partial charge is 0.303 e. The van der Waals surface area contributed by atoms with Gasteiger partial charge in [0.25, 0.3) is 0 Å². The van der Waals surface area contributed by atoms with Crippen LogP contribution in [0.3, 0.4) is 0 Å². The van der Waals surface area contributed by atoms with Gasteiger partial charge >= 0.3 is 23.9 Å². The van der Waals surface area contributed by atoms with Crippen LogP contribution in [0.15, 0.2) is 12.2 Å². The second-order valence-electron chi connectivity index (χ2n) is 19.2. The summed E-state index contributed by atoms with van der Waals surface area (Å²) in [6, 6.07) is 0. The summed E-state index contributed by atoms with van der Waals surface area (Å²) < 4.78 is 35.5. The molecule has 5 aliphatic carbocycles. The monoisotopic (exact) mass is 756 g/mol. The maximum absolute atomic E-state index is 12.5. The molecular weight excluding hydrogens is 688 g/mol. The van der Waals surface area contributed by atoms with Gasteiger partial charge in [-0.2, -0.15) is 0 Å². The van der Waals surface area contributed by atoms with Gasteiger partial charge in [0.05, 0.1) is 6.10 Å². The van der Waals surface area contributed by atoms with E-state index in [1.54, 1.807) is 0 Å². The Bertz CT molecular complexity index is 1470. The highest BCUT2D eigenvalue weighted by Crippen LogP contribution is 2.88. The quantitative estimate of drug-likeness (QED) is 0.0835. The van der Waals surface area contributed by atoms with Gasteiger partial charge in [0.2, 0.25) is 0 Å². The molecule has 0 amide bonds. The minimum atomic E-state index is -1.23. The molecule has 10 heteroatoms. The Balaban J connectivity index is 1.20. The van der Waals surface area contributed by atoms with E-state index in [1.165, 1.54) is 84.6 Å². The van der Waals surface area contributed by atoms with Gasteiger partial charge in [-0.1, -0.05) is 53.7 Å². The van der Waals surface area contributed by atoms with Gasteiger partial charge in [-0.25, -0.2) is 0 Å². The Morgan fingerprint density at radius 3 is 2.04 bits per heavy atom. The first-order chi connectivity index (χ1) is 25.3. The normalized spacial score (nSPS) is 44.1. The molecule has 0 radical (unpaired) electrons. The lowest BCUT2D eigenvalue weighted by atomic mass is 9.43. The molecule has 1 heterocycles. The van der Waals surface area contributed by atoms with Crippen LogP contribution in [0.4, 0.5) is 0 Å². The van der Waals surface area contributed by atoms with Crippen molar-refractivity contribution in [1.82, 2.24) is 0 Å². The van der Waals surface area contributed by atoms with Gasteiger partial charge in [-0.05, 0) is 128 Å². The molecule has 6 rings (SSSR count). The predicted octanol–water partition coefficient (Wildman–Crippen LogP) is 8.13. The number of hydrogen-bond donors (Lipinski definition) is 0. The van der Waals surface area contributed by atoms with Crippen LogP contribution >= 0.6 is 0 Å². The summed E-state index contributed by atoms with van der Waals surface area (Å²) >= 11 is 0. The van der Waals surface area contributed by atoms with Crippen molar-refractivity contribution in [3.63, 3.8) is 0 Å². The fraction of sp³-hybridized carbons (Fsp3) is 0.864. The third-order valence-electron chi connectivity index (χ3n) is 16.4. The summed E-state index contributed by atoms with van der Waals surface area (Å²) in [4.78, 5) is 48.9. The minimum absolute atomic E-state index is 0.197. The first-order valence-corrected chi connectivity index (χ1v) is 20.9. The Morgan fingerprint density at radius 1 is 0.759 bits per heavy atom. The van der Waals surface area contributed by atoms with Crippen LogP contribution < -0.4 is 0 Å². The van der Waals surface area contributed by atoms with Crippen molar-refractivity contribution < 1.29 is 47.6 Å². The molecule has 304 valence electrons. The van der Waals surface area contributed by atoms with E-state index in [-0.39, 0.29) is 18.6 Å². The fourth-order valence-electron chi connectivity index (χ4n) is 13.5. The number of rotatable bonds is 12. The number of carbonyl (C=O) groups is 4. The van der Waals surface area contributed by atoms with Gasteiger partial charge in [-0.3, -0.25) is 19.2 Å². The van der Waals surface area contributed by atoms with Crippen LogP contribution in [0, 0.1) is 57.2 Å². The minimum Gasteiger partial charge on any atom is -0.463 e. The van der Waals surface area contributed by atoms with Crippen LogP contribution in [-0.2, 0) is 47.6 Å². The molecule has 15 atom stereocenters. The fourth-order valence-corrected chi connectivity index (χ4v) is 13.5. The number of fused-ring (bicyclic) bond motifs is 2. The largest absolute Gasteiger partial charge is 0.463 e. The lowest BCUT2D eigenvalue weighted by molar-refractivity contribution is -0.324. The standard InChI is InChI=1S/C44H68O10/c1-24(2)25(3)12-13-26(4)32-16-18-42(11)36-15-14-33-27(5)34(17-19-43(33)23-44(36,43)21-20-41(32,42)10)53-40-39(52-31(9)48)38(51-30(8)47)37(50-29(7)46)35(54-40)22-49-28(6)45/h24,26-27,32-40H,3,12-23H2,1-2,4-11H3/t26-,27+,32-,33+,34+,35-,36+,37-,38+,39-,40-,41-,42+,43-,44+/m1/s1. The van der Waals surface area contributed by atoms with Crippen molar-refractivity contribution in [2.75, 3.05) is 6.61 Å². The number of hydrogen-bond acceptors (Lipinski definition) is 10. The first kappa shape index (κ1) is 41.2. The van der Waals surface area contributed by atoms with Gasteiger partial charge in [-0.15, -0.1) is 0 Å².